The Morgan fingerprint density at radius 1 is 1.12 bits per heavy atom. The number of ether oxygens (including phenoxy) is 1. The van der Waals surface area contributed by atoms with Crippen molar-refractivity contribution in [3.63, 3.8) is 0 Å². The summed E-state index contributed by atoms with van der Waals surface area (Å²) in [5, 5.41) is 0. The second kappa shape index (κ2) is 8.34. The number of hydrogen-bond acceptors (Lipinski definition) is 2. The summed E-state index contributed by atoms with van der Waals surface area (Å²) in [5.41, 5.74) is 0. The van der Waals surface area contributed by atoms with E-state index in [1.54, 1.807) is 0 Å². The summed E-state index contributed by atoms with van der Waals surface area (Å²) < 4.78 is 5.28. The Morgan fingerprint density at radius 2 is 1.65 bits per heavy atom. The molecule has 4 nitrogen and oxygen atoms in total. The van der Waals surface area contributed by atoms with E-state index in [1.165, 1.54) is 0 Å². The van der Waals surface area contributed by atoms with Crippen molar-refractivity contribution in [2.45, 2.75) is 39.5 Å². The molecule has 1 saturated heterocycles. The van der Waals surface area contributed by atoms with Crippen LogP contribution in [0.3, 0.4) is 0 Å². The van der Waals surface area contributed by atoms with Crippen LogP contribution in [0.15, 0.2) is 0 Å². The maximum absolute atomic E-state index is 12.3. The van der Waals surface area contributed by atoms with Crippen LogP contribution in [0.1, 0.15) is 39.5 Å². The third kappa shape index (κ3) is 4.94. The van der Waals surface area contributed by atoms with Gasteiger partial charge in [0.05, 0.1) is 13.2 Å². The molecule has 0 spiro atoms. The average molecular weight is 242 g/mol. The van der Waals surface area contributed by atoms with Gasteiger partial charge < -0.3 is 14.5 Å². The van der Waals surface area contributed by atoms with E-state index in [4.69, 9.17) is 4.74 Å². The van der Waals surface area contributed by atoms with E-state index in [2.05, 4.69) is 13.8 Å². The molecule has 1 rings (SSSR count). The van der Waals surface area contributed by atoms with E-state index >= 15 is 0 Å². The van der Waals surface area contributed by atoms with Crippen LogP contribution in [0.2, 0.25) is 0 Å². The Kier molecular flexibility index (Phi) is 7.01. The number of carbonyl (C=O) groups excluding carboxylic acids is 1. The summed E-state index contributed by atoms with van der Waals surface area (Å²) in [4.78, 5) is 16.2. The fourth-order valence-electron chi connectivity index (χ4n) is 1.96. The zero-order valence-corrected chi connectivity index (χ0v) is 11.3. The lowest BCUT2D eigenvalue weighted by Gasteiger charge is -2.33. The summed E-state index contributed by atoms with van der Waals surface area (Å²) in [7, 11) is 0. The molecule has 0 aliphatic carbocycles. The highest BCUT2D eigenvalue weighted by atomic mass is 16.5. The van der Waals surface area contributed by atoms with Gasteiger partial charge in [0.2, 0.25) is 0 Å². The Labute approximate surface area is 105 Å². The predicted octanol–water partition coefficient (Wildman–Crippen LogP) is 2.34. The molecule has 17 heavy (non-hydrogen) atoms. The minimum absolute atomic E-state index is 0.204. The van der Waals surface area contributed by atoms with Crippen molar-refractivity contribution >= 4 is 6.03 Å². The SMILES string of the molecule is CCCCN(CCCC)C(=O)N1CCOCC1. The number of unbranched alkanes of at least 4 members (excludes halogenated alkanes) is 2. The number of nitrogens with zero attached hydrogens (tertiary/aromatic N) is 2. The van der Waals surface area contributed by atoms with Crippen LogP contribution in [0.25, 0.3) is 0 Å². The standard InChI is InChI=1S/C13H26N2O2/c1-3-5-7-14(8-6-4-2)13(16)15-9-11-17-12-10-15/h3-12H2,1-2H3. The molecule has 0 N–H and O–H groups in total. The number of carbonyl (C=O) groups is 1. The van der Waals surface area contributed by atoms with Gasteiger partial charge in [-0.25, -0.2) is 4.79 Å². The molecular weight excluding hydrogens is 216 g/mol. The van der Waals surface area contributed by atoms with Crippen molar-refractivity contribution < 1.29 is 9.53 Å². The molecule has 4 heteroatoms. The van der Waals surface area contributed by atoms with Crippen molar-refractivity contribution in [2.24, 2.45) is 0 Å². The van der Waals surface area contributed by atoms with E-state index in [1.807, 2.05) is 9.80 Å². The molecule has 0 bridgehead atoms. The van der Waals surface area contributed by atoms with Crippen LogP contribution in [0.5, 0.6) is 0 Å². The highest BCUT2D eigenvalue weighted by molar-refractivity contribution is 5.74. The maximum Gasteiger partial charge on any atom is 0.320 e. The highest BCUT2D eigenvalue weighted by Gasteiger charge is 2.21. The molecule has 1 aliphatic rings. The first kappa shape index (κ1) is 14.3. The van der Waals surface area contributed by atoms with Crippen molar-refractivity contribution in [3.8, 4) is 0 Å². The van der Waals surface area contributed by atoms with E-state index in [0.717, 1.165) is 51.9 Å². The van der Waals surface area contributed by atoms with Gasteiger partial charge in [-0.05, 0) is 12.8 Å². The van der Waals surface area contributed by atoms with Crippen LogP contribution in [-0.4, -0.2) is 55.2 Å². The summed E-state index contributed by atoms with van der Waals surface area (Å²) in [6, 6.07) is 0.204. The van der Waals surface area contributed by atoms with Crippen molar-refractivity contribution in [3.05, 3.63) is 0 Å². The van der Waals surface area contributed by atoms with Crippen LogP contribution < -0.4 is 0 Å². The molecule has 0 saturated carbocycles. The molecule has 2 amide bonds. The first-order valence-electron chi connectivity index (χ1n) is 6.91. The number of rotatable bonds is 6. The predicted molar refractivity (Wildman–Crippen MR) is 69.2 cm³/mol. The van der Waals surface area contributed by atoms with Crippen LogP contribution in [0.4, 0.5) is 4.79 Å². The Bertz CT molecular complexity index is 207. The number of urea groups is 1. The number of morpholine rings is 1. The molecule has 0 aromatic heterocycles. The van der Waals surface area contributed by atoms with Gasteiger partial charge >= 0.3 is 6.03 Å². The molecule has 0 atom stereocenters. The van der Waals surface area contributed by atoms with Gasteiger partial charge in [-0.15, -0.1) is 0 Å². The molecule has 1 heterocycles. The fraction of sp³-hybridized carbons (Fsp3) is 0.923. The first-order valence-corrected chi connectivity index (χ1v) is 6.91. The maximum atomic E-state index is 12.3. The largest absolute Gasteiger partial charge is 0.378 e. The lowest BCUT2D eigenvalue weighted by atomic mass is 10.2. The average Bonchev–Trinajstić information content (AvgIpc) is 2.39. The Balaban J connectivity index is 2.44. The third-order valence-electron chi connectivity index (χ3n) is 3.12. The van der Waals surface area contributed by atoms with Gasteiger partial charge in [0.25, 0.3) is 0 Å². The Hall–Kier alpha value is -0.770. The van der Waals surface area contributed by atoms with Crippen molar-refractivity contribution in [1.29, 1.82) is 0 Å². The minimum atomic E-state index is 0.204. The van der Waals surface area contributed by atoms with E-state index in [-0.39, 0.29) is 6.03 Å². The van der Waals surface area contributed by atoms with Gasteiger partial charge in [0.15, 0.2) is 0 Å². The van der Waals surface area contributed by atoms with Gasteiger partial charge in [0.1, 0.15) is 0 Å². The summed E-state index contributed by atoms with van der Waals surface area (Å²) in [6.07, 6.45) is 4.47. The molecule has 0 unspecified atom stereocenters. The zero-order chi connectivity index (χ0) is 12.5. The van der Waals surface area contributed by atoms with Crippen molar-refractivity contribution in [2.75, 3.05) is 39.4 Å². The smallest absolute Gasteiger partial charge is 0.320 e. The monoisotopic (exact) mass is 242 g/mol. The molecule has 1 fully saturated rings. The van der Waals surface area contributed by atoms with Crippen LogP contribution in [0, 0.1) is 0 Å². The second-order valence-electron chi connectivity index (χ2n) is 4.58. The quantitative estimate of drug-likeness (QED) is 0.716. The summed E-state index contributed by atoms with van der Waals surface area (Å²) in [5.74, 6) is 0. The first-order chi connectivity index (χ1) is 8.29. The van der Waals surface area contributed by atoms with E-state index in [0.29, 0.717) is 13.2 Å². The topological polar surface area (TPSA) is 32.8 Å². The minimum Gasteiger partial charge on any atom is -0.378 e. The van der Waals surface area contributed by atoms with Crippen LogP contribution in [-0.2, 0) is 4.74 Å². The number of amides is 2. The molecule has 0 radical (unpaired) electrons. The third-order valence-corrected chi connectivity index (χ3v) is 3.12. The fourth-order valence-corrected chi connectivity index (χ4v) is 1.96. The molecular formula is C13H26N2O2. The van der Waals surface area contributed by atoms with E-state index < -0.39 is 0 Å². The van der Waals surface area contributed by atoms with Gasteiger partial charge in [0, 0.05) is 26.2 Å². The molecule has 0 aromatic carbocycles. The van der Waals surface area contributed by atoms with Crippen LogP contribution >= 0.6 is 0 Å². The lowest BCUT2D eigenvalue weighted by molar-refractivity contribution is 0.0430. The summed E-state index contributed by atoms with van der Waals surface area (Å²) in [6.45, 7) is 8.97. The highest BCUT2D eigenvalue weighted by Crippen LogP contribution is 2.06. The zero-order valence-electron chi connectivity index (χ0n) is 11.3. The molecule has 100 valence electrons. The molecule has 1 aliphatic heterocycles. The number of hydrogen-bond donors (Lipinski definition) is 0. The Morgan fingerprint density at radius 3 is 2.12 bits per heavy atom. The van der Waals surface area contributed by atoms with E-state index in [9.17, 15) is 4.79 Å². The van der Waals surface area contributed by atoms with Gasteiger partial charge in [-0.1, -0.05) is 26.7 Å². The molecule has 0 aromatic rings. The normalized spacial score (nSPS) is 16.0. The van der Waals surface area contributed by atoms with Gasteiger partial charge in [-0.2, -0.15) is 0 Å². The summed E-state index contributed by atoms with van der Waals surface area (Å²) >= 11 is 0. The lowest BCUT2D eigenvalue weighted by Crippen LogP contribution is -2.48. The van der Waals surface area contributed by atoms with Gasteiger partial charge in [-0.3, -0.25) is 0 Å². The van der Waals surface area contributed by atoms with Crippen molar-refractivity contribution in [1.82, 2.24) is 9.80 Å². The second-order valence-corrected chi connectivity index (χ2v) is 4.58.